The number of nitrogens with zero attached hydrogens (tertiary/aromatic N) is 2. The van der Waals surface area contributed by atoms with Gasteiger partial charge >= 0.3 is 0 Å². The van der Waals surface area contributed by atoms with Crippen molar-refractivity contribution in [2.24, 2.45) is 0 Å². The van der Waals surface area contributed by atoms with Crippen molar-refractivity contribution >= 4 is 17.4 Å². The Morgan fingerprint density at radius 1 is 1.06 bits per heavy atom. The summed E-state index contributed by atoms with van der Waals surface area (Å²) in [7, 11) is 1.52. The standard InChI is InChI=1S/C23H26N2O6/c1-4-30-17-7-6-16(14-18(17)31-5-2)20-19(21(26)15-8-10-24-11-9-15)22(27)23(28)25(20)12-13-29-3/h6-11,14,20,26H,4-5,12-13H2,1-3H3. The number of Topliss-reactive ketones (excluding diaryl/α,β-unsaturated/α-hetero) is 1. The largest absolute Gasteiger partial charge is 0.507 e. The molecule has 3 rings (SSSR count). The fourth-order valence-corrected chi connectivity index (χ4v) is 3.55. The quantitative estimate of drug-likeness (QED) is 0.374. The first-order valence-electron chi connectivity index (χ1n) is 10.1. The van der Waals surface area contributed by atoms with Crippen LogP contribution in [0.25, 0.3) is 5.76 Å². The van der Waals surface area contributed by atoms with Crippen LogP contribution < -0.4 is 9.47 Å². The summed E-state index contributed by atoms with van der Waals surface area (Å²) in [5, 5.41) is 11.0. The number of carbonyl (C=O) groups excluding carboxylic acids is 2. The zero-order chi connectivity index (χ0) is 22.4. The number of amides is 1. The van der Waals surface area contributed by atoms with E-state index in [9.17, 15) is 14.7 Å². The van der Waals surface area contributed by atoms with Gasteiger partial charge in [0.2, 0.25) is 0 Å². The molecule has 1 fully saturated rings. The second-order valence-electron chi connectivity index (χ2n) is 6.79. The highest BCUT2D eigenvalue weighted by Gasteiger charge is 2.46. The molecule has 0 bridgehead atoms. The lowest BCUT2D eigenvalue weighted by Crippen LogP contribution is -2.32. The van der Waals surface area contributed by atoms with E-state index in [0.29, 0.717) is 35.8 Å². The monoisotopic (exact) mass is 426 g/mol. The molecule has 0 spiro atoms. The van der Waals surface area contributed by atoms with Crippen LogP contribution in [0.5, 0.6) is 11.5 Å². The number of hydrogen-bond donors (Lipinski definition) is 1. The van der Waals surface area contributed by atoms with Crippen molar-refractivity contribution in [3.05, 3.63) is 59.4 Å². The Hall–Kier alpha value is -3.39. The van der Waals surface area contributed by atoms with Crippen molar-refractivity contribution < 1.29 is 28.9 Å². The third kappa shape index (κ3) is 4.54. The molecule has 1 N–H and O–H groups in total. The summed E-state index contributed by atoms with van der Waals surface area (Å²) in [6.07, 6.45) is 3.02. The van der Waals surface area contributed by atoms with Gasteiger partial charge in [0.15, 0.2) is 11.5 Å². The molecule has 1 unspecified atom stereocenters. The Labute approximate surface area is 181 Å². The number of likely N-dealkylation sites (tertiary alicyclic amines) is 1. The number of rotatable bonds is 9. The number of ether oxygens (including phenoxy) is 3. The van der Waals surface area contributed by atoms with Crippen LogP contribution in [0.1, 0.15) is 31.0 Å². The number of methoxy groups -OCH3 is 1. The summed E-state index contributed by atoms with van der Waals surface area (Å²) < 4.78 is 16.5. The van der Waals surface area contributed by atoms with Gasteiger partial charge < -0.3 is 24.2 Å². The van der Waals surface area contributed by atoms with E-state index in [2.05, 4.69) is 4.98 Å². The summed E-state index contributed by atoms with van der Waals surface area (Å²) in [4.78, 5) is 31.1. The molecule has 1 aromatic carbocycles. The van der Waals surface area contributed by atoms with E-state index in [-0.39, 0.29) is 24.5 Å². The molecule has 1 amide bonds. The summed E-state index contributed by atoms with van der Waals surface area (Å²) in [6.45, 7) is 5.05. The van der Waals surface area contributed by atoms with Crippen LogP contribution in [-0.4, -0.2) is 60.2 Å². The molecule has 1 saturated heterocycles. The third-order valence-corrected chi connectivity index (χ3v) is 4.91. The lowest BCUT2D eigenvalue weighted by molar-refractivity contribution is -0.140. The van der Waals surface area contributed by atoms with Crippen LogP contribution in [0.15, 0.2) is 48.3 Å². The molecule has 0 radical (unpaired) electrons. The lowest BCUT2D eigenvalue weighted by atomic mass is 9.95. The fraction of sp³-hybridized carbons (Fsp3) is 0.348. The smallest absolute Gasteiger partial charge is 0.295 e. The molecule has 0 saturated carbocycles. The molecule has 2 heterocycles. The van der Waals surface area contributed by atoms with Gasteiger partial charge in [0.1, 0.15) is 5.76 Å². The van der Waals surface area contributed by atoms with E-state index in [0.717, 1.165) is 0 Å². The van der Waals surface area contributed by atoms with Crippen LogP contribution in [-0.2, 0) is 14.3 Å². The minimum atomic E-state index is -0.793. The number of ketones is 1. The van der Waals surface area contributed by atoms with E-state index >= 15 is 0 Å². The van der Waals surface area contributed by atoms with Gasteiger partial charge in [0.05, 0.1) is 31.4 Å². The highest BCUT2D eigenvalue weighted by molar-refractivity contribution is 6.46. The summed E-state index contributed by atoms with van der Waals surface area (Å²) in [6, 6.07) is 7.62. The van der Waals surface area contributed by atoms with Crippen molar-refractivity contribution in [2.45, 2.75) is 19.9 Å². The maximum atomic E-state index is 12.9. The zero-order valence-corrected chi connectivity index (χ0v) is 17.8. The molecule has 31 heavy (non-hydrogen) atoms. The van der Waals surface area contributed by atoms with Crippen molar-refractivity contribution in [3.8, 4) is 11.5 Å². The zero-order valence-electron chi connectivity index (χ0n) is 17.8. The van der Waals surface area contributed by atoms with Crippen molar-refractivity contribution in [3.63, 3.8) is 0 Å². The van der Waals surface area contributed by atoms with Crippen LogP contribution >= 0.6 is 0 Å². The highest BCUT2D eigenvalue weighted by Crippen LogP contribution is 2.41. The second kappa shape index (κ2) is 10.1. The SMILES string of the molecule is CCOc1ccc(C2C(=C(O)c3ccncc3)C(=O)C(=O)N2CCOC)cc1OCC. The predicted molar refractivity (Wildman–Crippen MR) is 114 cm³/mol. The van der Waals surface area contributed by atoms with Gasteiger partial charge in [0, 0.05) is 31.6 Å². The molecule has 8 nitrogen and oxygen atoms in total. The van der Waals surface area contributed by atoms with Gasteiger partial charge in [0.25, 0.3) is 11.7 Å². The van der Waals surface area contributed by atoms with Gasteiger partial charge in [-0.2, -0.15) is 0 Å². The number of aromatic nitrogens is 1. The topological polar surface area (TPSA) is 98.2 Å². The highest BCUT2D eigenvalue weighted by atomic mass is 16.5. The van der Waals surface area contributed by atoms with E-state index in [1.54, 1.807) is 30.3 Å². The molecular weight excluding hydrogens is 400 g/mol. The summed E-state index contributed by atoms with van der Waals surface area (Å²) in [5.74, 6) is -0.622. The number of carbonyl (C=O) groups is 2. The van der Waals surface area contributed by atoms with Crippen LogP contribution in [0, 0.1) is 0 Å². The first-order chi connectivity index (χ1) is 15.0. The Morgan fingerprint density at radius 3 is 2.39 bits per heavy atom. The maximum absolute atomic E-state index is 12.9. The van der Waals surface area contributed by atoms with Crippen LogP contribution in [0.4, 0.5) is 0 Å². The molecule has 1 aliphatic rings. The van der Waals surface area contributed by atoms with E-state index in [4.69, 9.17) is 14.2 Å². The number of benzene rings is 1. The summed E-state index contributed by atoms with van der Waals surface area (Å²) in [5.41, 5.74) is 1.04. The number of hydrogen-bond acceptors (Lipinski definition) is 7. The number of aliphatic hydroxyl groups excluding tert-OH is 1. The van der Waals surface area contributed by atoms with Gasteiger partial charge in [-0.15, -0.1) is 0 Å². The van der Waals surface area contributed by atoms with Crippen LogP contribution in [0.2, 0.25) is 0 Å². The van der Waals surface area contributed by atoms with Gasteiger partial charge in [-0.05, 0) is 43.7 Å². The molecule has 0 aliphatic carbocycles. The Balaban J connectivity index is 2.16. The van der Waals surface area contributed by atoms with E-state index in [1.807, 2.05) is 13.8 Å². The third-order valence-electron chi connectivity index (χ3n) is 4.91. The molecule has 1 aliphatic heterocycles. The Bertz CT molecular complexity index is 973. The molecule has 8 heteroatoms. The number of pyridine rings is 1. The Kier molecular flexibility index (Phi) is 7.25. The molecule has 2 aromatic rings. The minimum Gasteiger partial charge on any atom is -0.507 e. The predicted octanol–water partition coefficient (Wildman–Crippen LogP) is 2.95. The minimum absolute atomic E-state index is 0.0129. The summed E-state index contributed by atoms with van der Waals surface area (Å²) >= 11 is 0. The molecule has 164 valence electrons. The van der Waals surface area contributed by atoms with Crippen LogP contribution in [0.3, 0.4) is 0 Å². The van der Waals surface area contributed by atoms with Gasteiger partial charge in [-0.3, -0.25) is 14.6 Å². The number of aliphatic hydroxyl groups is 1. The van der Waals surface area contributed by atoms with E-state index in [1.165, 1.54) is 24.4 Å². The maximum Gasteiger partial charge on any atom is 0.295 e. The Morgan fingerprint density at radius 2 is 1.74 bits per heavy atom. The van der Waals surface area contributed by atoms with Crippen molar-refractivity contribution in [2.75, 3.05) is 33.5 Å². The van der Waals surface area contributed by atoms with Crippen molar-refractivity contribution in [1.29, 1.82) is 0 Å². The first kappa shape index (κ1) is 22.3. The van der Waals surface area contributed by atoms with Crippen molar-refractivity contribution in [1.82, 2.24) is 9.88 Å². The van der Waals surface area contributed by atoms with E-state index < -0.39 is 17.7 Å². The van der Waals surface area contributed by atoms with Gasteiger partial charge in [-0.25, -0.2) is 0 Å². The first-order valence-corrected chi connectivity index (χ1v) is 10.1. The lowest BCUT2D eigenvalue weighted by Gasteiger charge is -2.25. The molecule has 1 aromatic heterocycles. The second-order valence-corrected chi connectivity index (χ2v) is 6.79. The molecular formula is C23H26N2O6. The molecule has 1 atom stereocenters. The average Bonchev–Trinajstić information content (AvgIpc) is 3.04. The average molecular weight is 426 g/mol. The normalized spacial score (nSPS) is 17.8. The van der Waals surface area contributed by atoms with Gasteiger partial charge in [-0.1, -0.05) is 6.07 Å². The fourth-order valence-electron chi connectivity index (χ4n) is 3.55.